The van der Waals surface area contributed by atoms with Crippen LogP contribution in [-0.4, -0.2) is 9.97 Å². The average Bonchev–Trinajstić information content (AvgIpc) is 2.73. The zero-order chi connectivity index (χ0) is 20.7. The second kappa shape index (κ2) is 9.54. The van der Waals surface area contributed by atoms with Gasteiger partial charge in [-0.25, -0.2) is 4.98 Å². The number of hydrogen-bond donors (Lipinski definition) is 0. The van der Waals surface area contributed by atoms with Gasteiger partial charge in [-0.2, -0.15) is 18.2 Å². The molecule has 1 heterocycles. The number of ether oxygens (including phenoxy) is 1. The number of rotatable bonds is 8. The van der Waals surface area contributed by atoms with E-state index in [4.69, 9.17) is 4.74 Å². The highest BCUT2D eigenvalue weighted by atomic mass is 19.4. The molecule has 0 unspecified atom stereocenters. The minimum absolute atomic E-state index is 0.00323. The van der Waals surface area contributed by atoms with Crippen LogP contribution >= 0.6 is 0 Å². The van der Waals surface area contributed by atoms with Crippen molar-refractivity contribution in [1.29, 1.82) is 0 Å². The molecule has 6 heteroatoms. The predicted molar refractivity (Wildman–Crippen MR) is 106 cm³/mol. The molecular formula is C23H23F3N2O. The summed E-state index contributed by atoms with van der Waals surface area (Å²) in [5.74, 6) is -0.250. The van der Waals surface area contributed by atoms with Crippen LogP contribution in [0.15, 0.2) is 60.8 Å². The third kappa shape index (κ3) is 5.79. The van der Waals surface area contributed by atoms with Gasteiger partial charge in [-0.15, -0.1) is 0 Å². The topological polar surface area (TPSA) is 35.0 Å². The number of alkyl halides is 3. The molecule has 0 radical (unpaired) electrons. The van der Waals surface area contributed by atoms with Crippen LogP contribution in [0.4, 0.5) is 13.2 Å². The normalized spacial score (nSPS) is 11.4. The van der Waals surface area contributed by atoms with Crippen LogP contribution in [0, 0.1) is 0 Å². The van der Waals surface area contributed by atoms with Crippen molar-refractivity contribution in [3.05, 3.63) is 77.5 Å². The van der Waals surface area contributed by atoms with Gasteiger partial charge in [-0.05, 0) is 24.0 Å². The van der Waals surface area contributed by atoms with Crippen molar-refractivity contribution in [1.82, 2.24) is 9.97 Å². The van der Waals surface area contributed by atoms with E-state index in [1.165, 1.54) is 12.0 Å². The molecule has 152 valence electrons. The predicted octanol–water partition coefficient (Wildman–Crippen LogP) is 6.47. The third-order valence-corrected chi connectivity index (χ3v) is 4.56. The third-order valence-electron chi connectivity index (χ3n) is 4.56. The molecule has 0 fully saturated rings. The standard InChI is InChI=1S/C23H23F3N2O/c1-2-3-5-8-17-11-13-19(14-12-17)21-27-15-20(23(24,25)26)22(28-21)29-16-18-9-6-4-7-10-18/h4,6-7,9-15H,2-3,5,8,16H2,1H3. The molecule has 0 N–H and O–H groups in total. The van der Waals surface area contributed by atoms with Crippen molar-refractivity contribution in [2.75, 3.05) is 0 Å². The second-order valence-electron chi connectivity index (χ2n) is 6.84. The van der Waals surface area contributed by atoms with Gasteiger partial charge in [0.25, 0.3) is 0 Å². The Morgan fingerprint density at radius 3 is 2.28 bits per heavy atom. The summed E-state index contributed by atoms with van der Waals surface area (Å²) in [7, 11) is 0. The Labute approximate surface area is 168 Å². The smallest absolute Gasteiger partial charge is 0.423 e. The van der Waals surface area contributed by atoms with Crippen molar-refractivity contribution >= 4 is 0 Å². The Balaban J connectivity index is 1.82. The van der Waals surface area contributed by atoms with E-state index in [2.05, 4.69) is 16.9 Å². The molecule has 0 aliphatic heterocycles. The summed E-state index contributed by atoms with van der Waals surface area (Å²) >= 11 is 0. The summed E-state index contributed by atoms with van der Waals surface area (Å²) in [4.78, 5) is 8.00. The first-order valence-electron chi connectivity index (χ1n) is 9.67. The Hall–Kier alpha value is -2.89. The first-order valence-corrected chi connectivity index (χ1v) is 9.67. The molecule has 0 saturated heterocycles. The first-order chi connectivity index (χ1) is 14.0. The van der Waals surface area contributed by atoms with E-state index in [1.54, 1.807) is 24.3 Å². The average molecular weight is 400 g/mol. The second-order valence-corrected chi connectivity index (χ2v) is 6.84. The molecule has 0 aliphatic carbocycles. The van der Waals surface area contributed by atoms with Crippen molar-refractivity contribution < 1.29 is 17.9 Å². The molecular weight excluding hydrogens is 377 g/mol. The van der Waals surface area contributed by atoms with Gasteiger partial charge in [0.05, 0.1) is 0 Å². The molecule has 1 aromatic heterocycles. The number of benzene rings is 2. The van der Waals surface area contributed by atoms with Gasteiger partial charge in [0, 0.05) is 11.8 Å². The van der Waals surface area contributed by atoms with Crippen molar-refractivity contribution in [3.8, 4) is 17.3 Å². The van der Waals surface area contributed by atoms with Crippen LogP contribution in [0.25, 0.3) is 11.4 Å². The van der Waals surface area contributed by atoms with Crippen LogP contribution < -0.4 is 4.74 Å². The highest BCUT2D eigenvalue weighted by Gasteiger charge is 2.36. The van der Waals surface area contributed by atoms with Gasteiger partial charge in [0.2, 0.25) is 5.88 Å². The lowest BCUT2D eigenvalue weighted by Crippen LogP contribution is -2.11. The summed E-state index contributed by atoms with van der Waals surface area (Å²) < 4.78 is 45.5. The van der Waals surface area contributed by atoms with Gasteiger partial charge in [0.1, 0.15) is 12.2 Å². The SMILES string of the molecule is CCCCCc1ccc(-c2ncc(C(F)(F)F)c(OCc3ccccc3)n2)cc1. The van der Waals surface area contributed by atoms with Gasteiger partial charge < -0.3 is 4.74 Å². The van der Waals surface area contributed by atoms with E-state index >= 15 is 0 Å². The van der Waals surface area contributed by atoms with Gasteiger partial charge in [0.15, 0.2) is 5.82 Å². The summed E-state index contributed by atoms with van der Waals surface area (Å²) in [6.45, 7) is 2.15. The van der Waals surface area contributed by atoms with Crippen LogP contribution in [0.2, 0.25) is 0 Å². The number of aryl methyl sites for hydroxylation is 1. The fourth-order valence-corrected chi connectivity index (χ4v) is 2.94. The van der Waals surface area contributed by atoms with Crippen LogP contribution in [0.3, 0.4) is 0 Å². The van der Waals surface area contributed by atoms with Crippen molar-refractivity contribution in [3.63, 3.8) is 0 Å². The maximum atomic E-state index is 13.3. The number of unbranched alkanes of at least 4 members (excludes halogenated alkanes) is 2. The quantitative estimate of drug-likeness (QED) is 0.406. The fraction of sp³-hybridized carbons (Fsp3) is 0.304. The van der Waals surface area contributed by atoms with Gasteiger partial charge in [-0.1, -0.05) is 74.4 Å². The molecule has 0 amide bonds. The lowest BCUT2D eigenvalue weighted by molar-refractivity contribution is -0.139. The molecule has 3 nitrogen and oxygen atoms in total. The molecule has 0 atom stereocenters. The Bertz CT molecular complexity index is 910. The molecule has 0 saturated carbocycles. The van der Waals surface area contributed by atoms with Crippen LogP contribution in [-0.2, 0) is 19.2 Å². The lowest BCUT2D eigenvalue weighted by Gasteiger charge is -2.14. The van der Waals surface area contributed by atoms with E-state index in [9.17, 15) is 13.2 Å². The number of nitrogens with zero attached hydrogens (tertiary/aromatic N) is 2. The maximum absolute atomic E-state index is 13.3. The monoisotopic (exact) mass is 400 g/mol. The minimum atomic E-state index is -4.59. The molecule has 0 aliphatic rings. The molecule has 3 aromatic rings. The largest absolute Gasteiger partial charge is 0.472 e. The number of halogens is 3. The summed E-state index contributed by atoms with van der Waals surface area (Å²) in [5, 5.41) is 0. The van der Waals surface area contributed by atoms with Crippen LogP contribution in [0.1, 0.15) is 42.9 Å². The molecule has 0 spiro atoms. The number of aromatic nitrogens is 2. The zero-order valence-corrected chi connectivity index (χ0v) is 16.2. The molecule has 29 heavy (non-hydrogen) atoms. The lowest BCUT2D eigenvalue weighted by atomic mass is 10.1. The highest BCUT2D eigenvalue weighted by Crippen LogP contribution is 2.36. The van der Waals surface area contributed by atoms with Crippen molar-refractivity contribution in [2.45, 2.75) is 45.4 Å². The van der Waals surface area contributed by atoms with E-state index < -0.39 is 17.6 Å². The number of hydrogen-bond acceptors (Lipinski definition) is 3. The fourth-order valence-electron chi connectivity index (χ4n) is 2.94. The van der Waals surface area contributed by atoms with E-state index in [0.29, 0.717) is 5.56 Å². The maximum Gasteiger partial charge on any atom is 0.423 e. The molecule has 2 aromatic carbocycles. The van der Waals surface area contributed by atoms with Gasteiger partial charge >= 0.3 is 6.18 Å². The van der Waals surface area contributed by atoms with Gasteiger partial charge in [-0.3, -0.25) is 0 Å². The Morgan fingerprint density at radius 2 is 1.62 bits per heavy atom. The molecule has 3 rings (SSSR count). The van der Waals surface area contributed by atoms with E-state index in [-0.39, 0.29) is 12.4 Å². The molecule has 0 bridgehead atoms. The Kier molecular flexibility index (Phi) is 6.86. The highest BCUT2D eigenvalue weighted by molar-refractivity contribution is 5.56. The van der Waals surface area contributed by atoms with Crippen LogP contribution in [0.5, 0.6) is 5.88 Å². The van der Waals surface area contributed by atoms with Crippen molar-refractivity contribution in [2.24, 2.45) is 0 Å². The minimum Gasteiger partial charge on any atom is -0.472 e. The first kappa shape index (κ1) is 20.8. The Morgan fingerprint density at radius 1 is 0.897 bits per heavy atom. The van der Waals surface area contributed by atoms with E-state index in [0.717, 1.165) is 31.0 Å². The summed E-state index contributed by atoms with van der Waals surface area (Å²) in [6.07, 6.45) is 0.623. The van der Waals surface area contributed by atoms with E-state index in [1.807, 2.05) is 30.3 Å². The zero-order valence-electron chi connectivity index (χ0n) is 16.2. The summed E-state index contributed by atoms with van der Waals surface area (Å²) in [5.41, 5.74) is 1.63. The summed E-state index contributed by atoms with van der Waals surface area (Å²) in [6, 6.07) is 16.6.